The van der Waals surface area contributed by atoms with Gasteiger partial charge in [0, 0.05) is 4.88 Å². The van der Waals surface area contributed by atoms with Gasteiger partial charge in [-0.3, -0.25) is 4.79 Å². The zero-order chi connectivity index (χ0) is 21.0. The molecule has 1 N–H and O–H groups in total. The zero-order valence-electron chi connectivity index (χ0n) is 19.1. The van der Waals surface area contributed by atoms with Gasteiger partial charge in [-0.1, -0.05) is 116 Å². The molecule has 1 heterocycles. The summed E-state index contributed by atoms with van der Waals surface area (Å²) in [5.41, 5.74) is 1.26. The fraction of sp³-hybridized carbons (Fsp3) is 0.808. The summed E-state index contributed by atoms with van der Waals surface area (Å²) in [7, 11) is 0. The third-order valence-corrected chi connectivity index (χ3v) is 6.91. The van der Waals surface area contributed by atoms with Crippen LogP contribution in [0.25, 0.3) is 0 Å². The first-order valence-corrected chi connectivity index (χ1v) is 13.4. The average molecular weight is 423 g/mol. The van der Waals surface area contributed by atoms with Crippen LogP contribution in [0.1, 0.15) is 133 Å². The minimum atomic E-state index is -0.716. The number of hydrogen-bond donors (Lipinski definition) is 1. The van der Waals surface area contributed by atoms with Gasteiger partial charge < -0.3 is 5.11 Å². The molecular formula is C26H46O2S. The third-order valence-electron chi connectivity index (χ3n) is 5.95. The molecule has 0 radical (unpaired) electrons. The largest absolute Gasteiger partial charge is 0.481 e. The maximum Gasteiger partial charge on any atom is 0.308 e. The molecule has 0 fully saturated rings. The minimum Gasteiger partial charge on any atom is -0.481 e. The summed E-state index contributed by atoms with van der Waals surface area (Å²) in [6.45, 7) is 2.29. The highest BCUT2D eigenvalue weighted by molar-refractivity contribution is 7.10. The second-order valence-corrected chi connectivity index (χ2v) is 9.70. The van der Waals surface area contributed by atoms with E-state index in [1.54, 1.807) is 11.3 Å². The van der Waals surface area contributed by atoms with Crippen molar-refractivity contribution in [2.45, 2.75) is 135 Å². The summed E-state index contributed by atoms with van der Waals surface area (Å²) < 4.78 is 0. The average Bonchev–Trinajstić information content (AvgIpc) is 3.13. The first-order valence-electron chi connectivity index (χ1n) is 12.5. The SMILES string of the molecule is CCCCCCCCCCCCCCCCCCCCc1ccsc1CC(=O)O. The van der Waals surface area contributed by atoms with Crippen molar-refractivity contribution in [1.29, 1.82) is 0 Å². The number of hydrogen-bond acceptors (Lipinski definition) is 2. The molecule has 0 amide bonds. The van der Waals surface area contributed by atoms with Crippen LogP contribution in [0.5, 0.6) is 0 Å². The van der Waals surface area contributed by atoms with Crippen molar-refractivity contribution in [2.24, 2.45) is 0 Å². The first-order chi connectivity index (χ1) is 14.2. The highest BCUT2D eigenvalue weighted by atomic mass is 32.1. The number of carboxylic acid groups (broad SMARTS) is 1. The van der Waals surface area contributed by atoms with Gasteiger partial charge in [0.25, 0.3) is 0 Å². The van der Waals surface area contributed by atoms with Crippen molar-refractivity contribution < 1.29 is 9.90 Å². The molecule has 0 aliphatic heterocycles. The number of carbonyl (C=O) groups is 1. The molecule has 1 aromatic heterocycles. The molecule has 0 saturated heterocycles. The first kappa shape index (κ1) is 26.2. The number of unbranched alkanes of at least 4 members (excludes halogenated alkanes) is 17. The van der Waals surface area contributed by atoms with E-state index in [-0.39, 0.29) is 6.42 Å². The van der Waals surface area contributed by atoms with E-state index in [0.717, 1.165) is 11.3 Å². The van der Waals surface area contributed by atoms with Crippen LogP contribution >= 0.6 is 11.3 Å². The van der Waals surface area contributed by atoms with Gasteiger partial charge in [0.2, 0.25) is 0 Å². The molecule has 0 aromatic carbocycles. The van der Waals surface area contributed by atoms with E-state index in [0.29, 0.717) is 0 Å². The minimum absolute atomic E-state index is 0.187. The molecule has 0 aliphatic carbocycles. The van der Waals surface area contributed by atoms with Crippen molar-refractivity contribution in [3.8, 4) is 0 Å². The van der Waals surface area contributed by atoms with E-state index in [2.05, 4.69) is 13.0 Å². The van der Waals surface area contributed by atoms with Crippen LogP contribution in [0.4, 0.5) is 0 Å². The lowest BCUT2D eigenvalue weighted by atomic mass is 10.0. The van der Waals surface area contributed by atoms with E-state index in [1.807, 2.05) is 5.38 Å². The summed E-state index contributed by atoms with van der Waals surface area (Å²) in [5, 5.41) is 11.0. The second kappa shape index (κ2) is 19.2. The van der Waals surface area contributed by atoms with Gasteiger partial charge in [0.15, 0.2) is 0 Å². The van der Waals surface area contributed by atoms with Crippen LogP contribution in [-0.2, 0) is 17.6 Å². The lowest BCUT2D eigenvalue weighted by Gasteiger charge is -2.04. The Kier molecular flexibility index (Phi) is 17.3. The molecule has 168 valence electrons. The van der Waals surface area contributed by atoms with Gasteiger partial charge in [-0.05, 0) is 29.9 Å². The number of aliphatic carboxylic acids is 1. The van der Waals surface area contributed by atoms with Gasteiger partial charge in [-0.2, -0.15) is 0 Å². The van der Waals surface area contributed by atoms with E-state index >= 15 is 0 Å². The van der Waals surface area contributed by atoms with Crippen LogP contribution in [0.3, 0.4) is 0 Å². The third kappa shape index (κ3) is 15.6. The Bertz CT molecular complexity index is 495. The van der Waals surface area contributed by atoms with Gasteiger partial charge >= 0.3 is 5.97 Å². The van der Waals surface area contributed by atoms with E-state index in [9.17, 15) is 4.79 Å². The van der Waals surface area contributed by atoms with Crippen LogP contribution in [-0.4, -0.2) is 11.1 Å². The molecule has 0 atom stereocenters. The molecule has 1 aromatic rings. The van der Waals surface area contributed by atoms with E-state index in [1.165, 1.54) is 121 Å². The van der Waals surface area contributed by atoms with Crippen molar-refractivity contribution in [2.75, 3.05) is 0 Å². The predicted octanol–water partition coefficient (Wildman–Crippen LogP) is 8.96. The number of carboxylic acids is 1. The summed E-state index contributed by atoms with van der Waals surface area (Å²) in [5.74, 6) is -0.716. The Balaban J connectivity index is 1.78. The van der Waals surface area contributed by atoms with Crippen molar-refractivity contribution in [3.05, 3.63) is 21.9 Å². The van der Waals surface area contributed by atoms with Crippen LogP contribution in [0.15, 0.2) is 11.4 Å². The van der Waals surface area contributed by atoms with Gasteiger partial charge in [0.05, 0.1) is 6.42 Å². The predicted molar refractivity (Wildman–Crippen MR) is 128 cm³/mol. The molecule has 0 unspecified atom stereocenters. The molecule has 0 bridgehead atoms. The Morgan fingerprint density at radius 2 is 1.14 bits per heavy atom. The van der Waals surface area contributed by atoms with Crippen LogP contribution < -0.4 is 0 Å². The molecule has 1 rings (SSSR count). The van der Waals surface area contributed by atoms with Crippen molar-refractivity contribution in [3.63, 3.8) is 0 Å². The van der Waals surface area contributed by atoms with Gasteiger partial charge in [-0.25, -0.2) is 0 Å². The molecular weight excluding hydrogens is 376 g/mol. The number of thiophene rings is 1. The van der Waals surface area contributed by atoms with Crippen LogP contribution in [0, 0.1) is 0 Å². The van der Waals surface area contributed by atoms with E-state index in [4.69, 9.17) is 5.11 Å². The van der Waals surface area contributed by atoms with Gasteiger partial charge in [0.1, 0.15) is 0 Å². The van der Waals surface area contributed by atoms with Crippen LogP contribution in [0.2, 0.25) is 0 Å². The maximum absolute atomic E-state index is 10.9. The zero-order valence-corrected chi connectivity index (χ0v) is 19.9. The Morgan fingerprint density at radius 1 is 0.724 bits per heavy atom. The molecule has 0 spiro atoms. The Labute approximate surface area is 184 Å². The lowest BCUT2D eigenvalue weighted by molar-refractivity contribution is -0.136. The molecule has 0 aliphatic rings. The molecule has 2 nitrogen and oxygen atoms in total. The van der Waals surface area contributed by atoms with Gasteiger partial charge in [-0.15, -0.1) is 11.3 Å². The molecule has 3 heteroatoms. The molecule has 29 heavy (non-hydrogen) atoms. The van der Waals surface area contributed by atoms with E-state index < -0.39 is 5.97 Å². The number of rotatable bonds is 21. The fourth-order valence-corrected chi connectivity index (χ4v) is 5.02. The summed E-state index contributed by atoms with van der Waals surface area (Å²) in [6, 6.07) is 2.11. The highest BCUT2D eigenvalue weighted by Crippen LogP contribution is 2.20. The number of aryl methyl sites for hydroxylation is 1. The molecule has 0 saturated carbocycles. The Hall–Kier alpha value is -0.830. The van der Waals surface area contributed by atoms with Crippen molar-refractivity contribution in [1.82, 2.24) is 0 Å². The fourth-order valence-electron chi connectivity index (χ4n) is 4.10. The normalized spacial score (nSPS) is 11.2. The summed E-state index contributed by atoms with van der Waals surface area (Å²) >= 11 is 1.59. The highest BCUT2D eigenvalue weighted by Gasteiger charge is 2.08. The topological polar surface area (TPSA) is 37.3 Å². The smallest absolute Gasteiger partial charge is 0.308 e. The monoisotopic (exact) mass is 422 g/mol. The standard InChI is InChI=1S/C26H46O2S/c1-2-3-4-5-6-7-8-9-10-11-12-13-14-15-16-17-18-19-20-24-21-22-29-25(24)23-26(27)28/h21-22H,2-20,23H2,1H3,(H,27,28). The maximum atomic E-state index is 10.9. The summed E-state index contributed by atoms with van der Waals surface area (Å²) in [4.78, 5) is 11.9. The second-order valence-electron chi connectivity index (χ2n) is 8.70. The van der Waals surface area contributed by atoms with Crippen molar-refractivity contribution >= 4 is 17.3 Å². The summed E-state index contributed by atoms with van der Waals surface area (Å²) in [6.07, 6.45) is 26.4. The quantitative estimate of drug-likeness (QED) is 0.201. The Morgan fingerprint density at radius 3 is 1.55 bits per heavy atom. The lowest BCUT2D eigenvalue weighted by Crippen LogP contribution is -2.00.